The van der Waals surface area contributed by atoms with E-state index in [0.717, 1.165) is 0 Å². The van der Waals surface area contributed by atoms with Crippen LogP contribution in [0.25, 0.3) is 82.1 Å². The fourth-order valence-corrected chi connectivity index (χ4v) is 8.35. The highest BCUT2D eigenvalue weighted by molar-refractivity contribution is 6.30. The summed E-state index contributed by atoms with van der Waals surface area (Å²) in [5.41, 5.74) is 11.6. The van der Waals surface area contributed by atoms with E-state index in [1.54, 1.807) is 0 Å². The van der Waals surface area contributed by atoms with Crippen molar-refractivity contribution < 1.29 is 0 Å². The molecule has 0 radical (unpaired) electrons. The molecule has 0 unspecified atom stereocenters. The first-order valence-electron chi connectivity index (χ1n) is 16.2. The normalized spacial score (nSPS) is 13.6. The fourth-order valence-electron chi connectivity index (χ4n) is 8.35. The largest absolute Gasteiger partial charge is 0.309 e. The number of benzene rings is 8. The van der Waals surface area contributed by atoms with Gasteiger partial charge in [0.25, 0.3) is 0 Å². The molecule has 1 aliphatic carbocycles. The summed E-state index contributed by atoms with van der Waals surface area (Å²) in [6.07, 6.45) is 0. The monoisotopic (exact) mass is 585 g/mol. The molecule has 0 N–H and O–H groups in total. The third-order valence-electron chi connectivity index (χ3n) is 10.5. The topological polar surface area (TPSA) is 4.93 Å². The van der Waals surface area contributed by atoms with Gasteiger partial charge in [0.2, 0.25) is 0 Å². The van der Waals surface area contributed by atoms with Gasteiger partial charge in [-0.1, -0.05) is 135 Å². The first kappa shape index (κ1) is 25.6. The van der Waals surface area contributed by atoms with Gasteiger partial charge in [-0.15, -0.1) is 0 Å². The van der Waals surface area contributed by atoms with Gasteiger partial charge in [-0.2, -0.15) is 0 Å². The van der Waals surface area contributed by atoms with Gasteiger partial charge in [0.1, 0.15) is 0 Å². The van der Waals surface area contributed by atoms with Gasteiger partial charge in [0.05, 0.1) is 11.0 Å². The number of hydrogen-bond acceptors (Lipinski definition) is 0. The average Bonchev–Trinajstić information content (AvgIpc) is 3.44. The smallest absolute Gasteiger partial charge is 0.0553 e. The standard InChI is InChI=1S/C45H31N/c1-45(2)37-17-9-8-16-36(37)43-41-33(14-10-18-38(41)45)27-40-44(43)42-35-15-7-6-13-29(35)22-24-39(42)46(40)34-23-21-31-25-30(19-20-32(31)26-34)28-11-4-3-5-12-28/h3-27H,1-2H3. The third kappa shape index (κ3) is 3.40. The Morgan fingerprint density at radius 2 is 1.15 bits per heavy atom. The van der Waals surface area contributed by atoms with Crippen LogP contribution >= 0.6 is 0 Å². The molecule has 0 spiro atoms. The molecular formula is C45H31N. The Bertz CT molecular complexity index is 2710. The van der Waals surface area contributed by atoms with E-state index >= 15 is 0 Å². The Morgan fingerprint density at radius 3 is 2.07 bits per heavy atom. The summed E-state index contributed by atoms with van der Waals surface area (Å²) in [7, 11) is 0. The van der Waals surface area contributed by atoms with E-state index in [1.807, 2.05) is 0 Å². The van der Waals surface area contributed by atoms with E-state index in [1.165, 1.54) is 93.2 Å². The molecule has 0 amide bonds. The molecule has 0 saturated carbocycles. The molecule has 46 heavy (non-hydrogen) atoms. The highest BCUT2D eigenvalue weighted by atomic mass is 15.0. The zero-order valence-electron chi connectivity index (χ0n) is 25.9. The van der Waals surface area contributed by atoms with Gasteiger partial charge < -0.3 is 4.57 Å². The summed E-state index contributed by atoms with van der Waals surface area (Å²) in [6, 6.07) is 56.3. The number of aromatic nitrogens is 1. The molecule has 1 nitrogen and oxygen atoms in total. The highest BCUT2D eigenvalue weighted by Gasteiger charge is 2.35. The molecule has 10 rings (SSSR count). The van der Waals surface area contributed by atoms with Crippen molar-refractivity contribution in [1.82, 2.24) is 4.57 Å². The van der Waals surface area contributed by atoms with Gasteiger partial charge in [-0.05, 0) is 90.5 Å². The number of nitrogens with zero attached hydrogens (tertiary/aromatic N) is 1. The quantitative estimate of drug-likeness (QED) is 0.190. The maximum absolute atomic E-state index is 2.51. The van der Waals surface area contributed by atoms with Crippen LogP contribution in [0.15, 0.2) is 152 Å². The van der Waals surface area contributed by atoms with E-state index in [4.69, 9.17) is 0 Å². The van der Waals surface area contributed by atoms with E-state index in [2.05, 4.69) is 170 Å². The van der Waals surface area contributed by atoms with Crippen molar-refractivity contribution in [3.05, 3.63) is 163 Å². The summed E-state index contributed by atoms with van der Waals surface area (Å²) in [6.45, 7) is 4.76. The lowest BCUT2D eigenvalue weighted by Gasteiger charge is -2.35. The van der Waals surface area contributed by atoms with Crippen LogP contribution in [0, 0.1) is 0 Å². The lowest BCUT2D eigenvalue weighted by Crippen LogP contribution is -2.23. The Morgan fingerprint density at radius 1 is 0.435 bits per heavy atom. The molecule has 1 heterocycles. The van der Waals surface area contributed by atoms with Crippen LogP contribution in [0.2, 0.25) is 0 Å². The van der Waals surface area contributed by atoms with Crippen LogP contribution in [0.4, 0.5) is 0 Å². The van der Waals surface area contributed by atoms with E-state index in [9.17, 15) is 0 Å². The Labute approximate surface area is 268 Å². The van der Waals surface area contributed by atoms with Crippen LogP contribution < -0.4 is 0 Å². The van der Waals surface area contributed by atoms with Crippen LogP contribution in [0.5, 0.6) is 0 Å². The van der Waals surface area contributed by atoms with E-state index in [0.29, 0.717) is 0 Å². The van der Waals surface area contributed by atoms with Crippen LogP contribution in [-0.2, 0) is 5.41 Å². The molecule has 0 saturated heterocycles. The molecule has 0 aliphatic heterocycles. The molecule has 0 fully saturated rings. The average molecular weight is 586 g/mol. The Kier molecular flexibility index (Phi) is 5.12. The second kappa shape index (κ2) is 9.19. The number of hydrogen-bond donors (Lipinski definition) is 0. The highest BCUT2D eigenvalue weighted by Crippen LogP contribution is 2.53. The molecular weight excluding hydrogens is 555 g/mol. The molecule has 1 heteroatoms. The second-order valence-corrected chi connectivity index (χ2v) is 13.3. The minimum Gasteiger partial charge on any atom is -0.309 e. The van der Waals surface area contributed by atoms with E-state index < -0.39 is 0 Å². The summed E-state index contributed by atoms with van der Waals surface area (Å²) in [5, 5.41) is 10.4. The predicted molar refractivity (Wildman–Crippen MR) is 196 cm³/mol. The first-order chi connectivity index (χ1) is 22.6. The van der Waals surface area contributed by atoms with Crippen LogP contribution in [-0.4, -0.2) is 4.57 Å². The Hall–Kier alpha value is -5.66. The van der Waals surface area contributed by atoms with Crippen LogP contribution in [0.3, 0.4) is 0 Å². The maximum Gasteiger partial charge on any atom is 0.0553 e. The van der Waals surface area contributed by atoms with Crippen LogP contribution in [0.1, 0.15) is 25.0 Å². The fraction of sp³-hybridized carbons (Fsp3) is 0.0667. The zero-order chi connectivity index (χ0) is 30.6. The lowest BCUT2D eigenvalue weighted by molar-refractivity contribution is 0.645. The van der Waals surface area contributed by atoms with Crippen molar-refractivity contribution in [2.24, 2.45) is 0 Å². The molecule has 9 aromatic rings. The third-order valence-corrected chi connectivity index (χ3v) is 10.5. The first-order valence-corrected chi connectivity index (χ1v) is 16.2. The van der Waals surface area contributed by atoms with Crippen molar-refractivity contribution in [2.75, 3.05) is 0 Å². The lowest BCUT2D eigenvalue weighted by atomic mass is 9.68. The second-order valence-electron chi connectivity index (χ2n) is 13.3. The summed E-state index contributed by atoms with van der Waals surface area (Å²) in [5.74, 6) is 0. The molecule has 0 atom stereocenters. The molecule has 1 aromatic heterocycles. The zero-order valence-corrected chi connectivity index (χ0v) is 25.9. The predicted octanol–water partition coefficient (Wildman–Crippen LogP) is 12.2. The van der Waals surface area contributed by atoms with Crippen molar-refractivity contribution in [3.63, 3.8) is 0 Å². The van der Waals surface area contributed by atoms with Gasteiger partial charge in [-0.25, -0.2) is 0 Å². The summed E-state index contributed by atoms with van der Waals surface area (Å²) < 4.78 is 2.51. The maximum atomic E-state index is 2.51. The molecule has 216 valence electrons. The van der Waals surface area contributed by atoms with Gasteiger partial charge >= 0.3 is 0 Å². The minimum atomic E-state index is -0.0891. The van der Waals surface area contributed by atoms with Crippen molar-refractivity contribution in [1.29, 1.82) is 0 Å². The van der Waals surface area contributed by atoms with Crippen molar-refractivity contribution >= 4 is 54.1 Å². The molecule has 1 aliphatic rings. The molecule has 8 aromatic carbocycles. The van der Waals surface area contributed by atoms with Gasteiger partial charge in [-0.3, -0.25) is 0 Å². The summed E-state index contributed by atoms with van der Waals surface area (Å²) >= 11 is 0. The summed E-state index contributed by atoms with van der Waals surface area (Å²) in [4.78, 5) is 0. The van der Waals surface area contributed by atoms with Crippen molar-refractivity contribution in [2.45, 2.75) is 19.3 Å². The van der Waals surface area contributed by atoms with E-state index in [-0.39, 0.29) is 5.41 Å². The number of rotatable bonds is 2. The number of fused-ring (bicyclic) bond motifs is 9. The SMILES string of the molecule is CC1(C)c2ccccc2-c2c3c1cccc3cc1c2c2c3ccccc3ccc2n1-c1ccc2cc(-c3ccccc3)ccc2c1. The Balaban J connectivity index is 1.35. The van der Waals surface area contributed by atoms with Gasteiger partial charge in [0.15, 0.2) is 0 Å². The van der Waals surface area contributed by atoms with Crippen molar-refractivity contribution in [3.8, 4) is 27.9 Å². The van der Waals surface area contributed by atoms with Gasteiger partial charge in [0, 0.05) is 27.4 Å². The minimum absolute atomic E-state index is 0.0891. The molecule has 0 bridgehead atoms.